The van der Waals surface area contributed by atoms with Crippen molar-refractivity contribution in [2.24, 2.45) is 0 Å². The van der Waals surface area contributed by atoms with Gasteiger partial charge in [0.2, 0.25) is 0 Å². The molecule has 12 heavy (non-hydrogen) atoms. The quantitative estimate of drug-likeness (QED) is 0.433. The lowest BCUT2D eigenvalue weighted by molar-refractivity contribution is -0.132. The first-order valence-corrected chi connectivity index (χ1v) is 3.75. The standard InChI is InChI=1S/C7H6O4S/c8-3-5-1-2-10-7(5)11-6(9)4-12/h1-3,12H,4H2. The van der Waals surface area contributed by atoms with Crippen LogP contribution >= 0.6 is 12.6 Å². The lowest BCUT2D eigenvalue weighted by Crippen LogP contribution is -2.09. The molecule has 0 amide bonds. The predicted octanol–water partition coefficient (Wildman–Crippen LogP) is 0.927. The molecule has 0 bridgehead atoms. The summed E-state index contributed by atoms with van der Waals surface area (Å²) >= 11 is 3.69. The second-order valence-corrected chi connectivity index (χ2v) is 2.23. The molecule has 4 nitrogen and oxygen atoms in total. The largest absolute Gasteiger partial charge is 0.433 e. The van der Waals surface area contributed by atoms with E-state index in [1.165, 1.54) is 12.3 Å². The Morgan fingerprint density at radius 1 is 1.75 bits per heavy atom. The van der Waals surface area contributed by atoms with Gasteiger partial charge in [-0.1, -0.05) is 0 Å². The Kier molecular flexibility index (Phi) is 2.93. The molecule has 0 aromatic carbocycles. The summed E-state index contributed by atoms with van der Waals surface area (Å²) in [5, 5.41) is 0. The molecule has 0 aliphatic heterocycles. The molecule has 5 heteroatoms. The van der Waals surface area contributed by atoms with Crippen molar-refractivity contribution in [2.75, 3.05) is 5.75 Å². The number of aldehydes is 1. The van der Waals surface area contributed by atoms with Gasteiger partial charge < -0.3 is 9.15 Å². The Morgan fingerprint density at radius 3 is 3.08 bits per heavy atom. The summed E-state index contributed by atoms with van der Waals surface area (Å²) < 4.78 is 9.33. The van der Waals surface area contributed by atoms with Crippen LogP contribution < -0.4 is 4.74 Å². The van der Waals surface area contributed by atoms with Gasteiger partial charge in [0.1, 0.15) is 0 Å². The molecule has 1 heterocycles. The number of hydrogen-bond donors (Lipinski definition) is 1. The summed E-state index contributed by atoms with van der Waals surface area (Å²) in [5.74, 6) is -0.695. The SMILES string of the molecule is O=Cc1ccoc1OC(=O)CS. The number of hydrogen-bond acceptors (Lipinski definition) is 5. The third kappa shape index (κ3) is 1.88. The van der Waals surface area contributed by atoms with Crippen LogP contribution in [-0.4, -0.2) is 18.0 Å². The van der Waals surface area contributed by atoms with Gasteiger partial charge in [-0.2, -0.15) is 12.6 Å². The molecule has 0 saturated carbocycles. The molecule has 1 rings (SSSR count). The highest BCUT2D eigenvalue weighted by Crippen LogP contribution is 2.17. The highest BCUT2D eigenvalue weighted by Gasteiger charge is 2.10. The molecular weight excluding hydrogens is 180 g/mol. The highest BCUT2D eigenvalue weighted by atomic mass is 32.1. The maximum absolute atomic E-state index is 10.7. The summed E-state index contributed by atoms with van der Waals surface area (Å²) in [6, 6.07) is 1.41. The van der Waals surface area contributed by atoms with Crippen molar-refractivity contribution in [2.45, 2.75) is 0 Å². The van der Waals surface area contributed by atoms with Crippen LogP contribution in [0.4, 0.5) is 0 Å². The Hall–Kier alpha value is -1.23. The van der Waals surface area contributed by atoms with Crippen molar-refractivity contribution in [1.82, 2.24) is 0 Å². The van der Waals surface area contributed by atoms with Crippen molar-refractivity contribution in [3.8, 4) is 5.95 Å². The van der Waals surface area contributed by atoms with Gasteiger partial charge in [0.15, 0.2) is 6.29 Å². The topological polar surface area (TPSA) is 56.5 Å². The van der Waals surface area contributed by atoms with E-state index in [2.05, 4.69) is 17.4 Å². The Labute approximate surface area is 73.9 Å². The van der Waals surface area contributed by atoms with Crippen molar-refractivity contribution >= 4 is 24.9 Å². The van der Waals surface area contributed by atoms with Crippen LogP contribution in [0.1, 0.15) is 10.4 Å². The minimum atomic E-state index is -0.559. The maximum atomic E-state index is 10.7. The zero-order valence-electron chi connectivity index (χ0n) is 6.02. The fourth-order valence-electron chi connectivity index (χ4n) is 0.611. The highest BCUT2D eigenvalue weighted by molar-refractivity contribution is 7.81. The van der Waals surface area contributed by atoms with Crippen LogP contribution in [0.25, 0.3) is 0 Å². The third-order valence-electron chi connectivity index (χ3n) is 1.12. The lowest BCUT2D eigenvalue weighted by Gasteiger charge is -1.96. The summed E-state index contributed by atoms with van der Waals surface area (Å²) in [7, 11) is 0. The van der Waals surface area contributed by atoms with E-state index in [-0.39, 0.29) is 17.3 Å². The molecule has 0 spiro atoms. The van der Waals surface area contributed by atoms with E-state index in [1.807, 2.05) is 0 Å². The van der Waals surface area contributed by atoms with Gasteiger partial charge in [0.05, 0.1) is 17.6 Å². The maximum Gasteiger partial charge on any atom is 0.323 e. The number of carbonyl (C=O) groups excluding carboxylic acids is 2. The van der Waals surface area contributed by atoms with Crippen molar-refractivity contribution in [1.29, 1.82) is 0 Å². The Balaban J connectivity index is 2.74. The third-order valence-corrected chi connectivity index (χ3v) is 1.38. The van der Waals surface area contributed by atoms with Gasteiger partial charge in [-0.25, -0.2) is 0 Å². The van der Waals surface area contributed by atoms with E-state index in [1.54, 1.807) is 0 Å². The van der Waals surface area contributed by atoms with E-state index in [4.69, 9.17) is 4.42 Å². The van der Waals surface area contributed by atoms with Gasteiger partial charge in [0.25, 0.3) is 0 Å². The van der Waals surface area contributed by atoms with Gasteiger partial charge >= 0.3 is 11.9 Å². The number of esters is 1. The molecule has 0 saturated heterocycles. The molecule has 0 radical (unpaired) electrons. The second-order valence-electron chi connectivity index (χ2n) is 1.91. The number of carbonyl (C=O) groups is 2. The van der Waals surface area contributed by atoms with Crippen LogP contribution in [0.15, 0.2) is 16.7 Å². The number of rotatable bonds is 3. The normalized spacial score (nSPS) is 9.42. The van der Waals surface area contributed by atoms with E-state index in [0.29, 0.717) is 6.29 Å². The first kappa shape index (κ1) is 8.86. The Morgan fingerprint density at radius 2 is 2.50 bits per heavy atom. The van der Waals surface area contributed by atoms with E-state index < -0.39 is 5.97 Å². The number of thiol groups is 1. The van der Waals surface area contributed by atoms with Crippen molar-refractivity contribution in [3.05, 3.63) is 17.9 Å². The molecule has 0 fully saturated rings. The average molecular weight is 186 g/mol. The fourth-order valence-corrected chi connectivity index (χ4v) is 0.676. The van der Waals surface area contributed by atoms with Crippen molar-refractivity contribution in [3.63, 3.8) is 0 Å². The minimum Gasteiger partial charge on any atom is -0.433 e. The average Bonchev–Trinajstić information content (AvgIpc) is 2.51. The molecule has 64 valence electrons. The summed E-state index contributed by atoms with van der Waals surface area (Å²) in [4.78, 5) is 21.0. The van der Waals surface area contributed by atoms with Crippen LogP contribution in [-0.2, 0) is 4.79 Å². The molecule has 0 aliphatic rings. The van der Waals surface area contributed by atoms with E-state index in [0.717, 1.165) is 0 Å². The Bertz CT molecular complexity index is 291. The van der Waals surface area contributed by atoms with Gasteiger partial charge in [-0.05, 0) is 6.07 Å². The summed E-state index contributed by atoms with van der Waals surface area (Å²) in [6.45, 7) is 0. The van der Waals surface area contributed by atoms with Crippen LogP contribution in [0, 0.1) is 0 Å². The van der Waals surface area contributed by atoms with Gasteiger partial charge in [-0.15, -0.1) is 0 Å². The number of ether oxygens (including phenoxy) is 1. The molecule has 0 aliphatic carbocycles. The zero-order valence-corrected chi connectivity index (χ0v) is 6.91. The van der Waals surface area contributed by atoms with Crippen LogP contribution in [0.3, 0.4) is 0 Å². The predicted molar refractivity (Wildman–Crippen MR) is 43.6 cm³/mol. The molecule has 1 aromatic heterocycles. The van der Waals surface area contributed by atoms with Gasteiger partial charge in [0, 0.05) is 0 Å². The zero-order chi connectivity index (χ0) is 8.97. The molecule has 0 unspecified atom stereocenters. The van der Waals surface area contributed by atoms with Crippen LogP contribution in [0.2, 0.25) is 0 Å². The monoisotopic (exact) mass is 186 g/mol. The molecule has 0 N–H and O–H groups in total. The summed E-state index contributed by atoms with van der Waals surface area (Å²) in [5.41, 5.74) is 0.213. The number of furan rings is 1. The second kappa shape index (κ2) is 3.96. The minimum absolute atomic E-state index is 0.0566. The smallest absolute Gasteiger partial charge is 0.323 e. The fraction of sp³-hybridized carbons (Fsp3) is 0.143. The van der Waals surface area contributed by atoms with E-state index in [9.17, 15) is 9.59 Å². The first-order chi connectivity index (χ1) is 5.77. The first-order valence-electron chi connectivity index (χ1n) is 3.12. The van der Waals surface area contributed by atoms with Gasteiger partial charge in [-0.3, -0.25) is 9.59 Å². The van der Waals surface area contributed by atoms with Crippen LogP contribution in [0.5, 0.6) is 5.95 Å². The molecule has 0 atom stereocenters. The van der Waals surface area contributed by atoms with E-state index >= 15 is 0 Å². The lowest BCUT2D eigenvalue weighted by atomic mass is 10.4. The summed E-state index contributed by atoms with van der Waals surface area (Å²) in [6.07, 6.45) is 1.81. The molecule has 1 aromatic rings. The molecular formula is C7H6O4S. The van der Waals surface area contributed by atoms with Crippen molar-refractivity contribution < 1.29 is 18.7 Å².